The number of rotatable bonds is 4. The lowest BCUT2D eigenvalue weighted by Gasteiger charge is -1.97. The van der Waals surface area contributed by atoms with Gasteiger partial charge in [-0.15, -0.1) is 11.8 Å². The van der Waals surface area contributed by atoms with Crippen LogP contribution in [0.15, 0.2) is 18.5 Å². The van der Waals surface area contributed by atoms with Crippen molar-refractivity contribution in [2.75, 3.05) is 5.75 Å². The summed E-state index contributed by atoms with van der Waals surface area (Å²) >= 11 is 7.28. The largest absolute Gasteiger partial charge is 0.481 e. The molecule has 2 heterocycles. The van der Waals surface area contributed by atoms with Gasteiger partial charge in [-0.2, -0.15) is 0 Å². The lowest BCUT2D eigenvalue weighted by atomic mass is 10.3. The number of hydrogen-bond donors (Lipinski definition) is 1. The van der Waals surface area contributed by atoms with Gasteiger partial charge in [-0.1, -0.05) is 11.6 Å². The van der Waals surface area contributed by atoms with E-state index in [0.717, 1.165) is 16.9 Å². The van der Waals surface area contributed by atoms with E-state index in [1.54, 1.807) is 6.20 Å². The molecule has 1 N–H and O–H groups in total. The van der Waals surface area contributed by atoms with Crippen LogP contribution in [0.2, 0.25) is 5.02 Å². The predicted octanol–water partition coefficient (Wildman–Crippen LogP) is 2.61. The first-order valence-electron chi connectivity index (χ1n) is 4.99. The molecule has 0 aliphatic rings. The minimum Gasteiger partial charge on any atom is -0.481 e. The van der Waals surface area contributed by atoms with E-state index in [0.29, 0.717) is 10.8 Å². The summed E-state index contributed by atoms with van der Waals surface area (Å²) in [6.45, 7) is 1.95. The highest BCUT2D eigenvalue weighted by Gasteiger charge is 2.06. The summed E-state index contributed by atoms with van der Waals surface area (Å²) in [7, 11) is 0. The third-order valence-corrected chi connectivity index (χ3v) is 3.38. The van der Waals surface area contributed by atoms with Gasteiger partial charge >= 0.3 is 5.97 Å². The van der Waals surface area contributed by atoms with Gasteiger partial charge in [-0.05, 0) is 18.6 Å². The van der Waals surface area contributed by atoms with Gasteiger partial charge in [0.1, 0.15) is 5.65 Å². The quantitative estimate of drug-likeness (QED) is 0.928. The molecule has 0 radical (unpaired) electrons. The second-order valence-corrected chi connectivity index (χ2v) is 5.11. The first-order valence-corrected chi connectivity index (χ1v) is 6.53. The first kappa shape index (κ1) is 12.3. The number of carboxylic acids is 1. The number of carbonyl (C=O) groups is 1. The van der Waals surface area contributed by atoms with Crippen LogP contribution in [0.25, 0.3) is 5.65 Å². The fourth-order valence-electron chi connectivity index (χ4n) is 1.59. The van der Waals surface area contributed by atoms with Gasteiger partial charge in [0.15, 0.2) is 0 Å². The number of thioether (sulfide) groups is 1. The summed E-state index contributed by atoms with van der Waals surface area (Å²) in [5.74, 6) is -0.128. The monoisotopic (exact) mass is 270 g/mol. The van der Waals surface area contributed by atoms with Crippen molar-refractivity contribution in [2.24, 2.45) is 0 Å². The second-order valence-electron chi connectivity index (χ2n) is 3.69. The molecule has 0 spiro atoms. The molecule has 6 heteroatoms. The van der Waals surface area contributed by atoms with Crippen LogP contribution in [0.3, 0.4) is 0 Å². The van der Waals surface area contributed by atoms with E-state index in [1.807, 2.05) is 23.6 Å². The Hall–Kier alpha value is -1.20. The summed E-state index contributed by atoms with van der Waals surface area (Å²) in [6, 6.07) is 1.86. The smallest absolute Gasteiger partial charge is 0.313 e. The molecule has 0 unspecified atom stereocenters. The van der Waals surface area contributed by atoms with Gasteiger partial charge in [0.25, 0.3) is 0 Å². The zero-order chi connectivity index (χ0) is 12.4. The van der Waals surface area contributed by atoms with Crippen LogP contribution in [0, 0.1) is 6.92 Å². The lowest BCUT2D eigenvalue weighted by Crippen LogP contribution is -1.98. The molecular formula is C11H11ClN2O2S. The SMILES string of the molecule is Cc1cc(Cl)cn2cc(CSCC(=O)O)nc12. The van der Waals surface area contributed by atoms with E-state index < -0.39 is 5.97 Å². The maximum absolute atomic E-state index is 10.4. The van der Waals surface area contributed by atoms with E-state index in [4.69, 9.17) is 16.7 Å². The van der Waals surface area contributed by atoms with Crippen LogP contribution >= 0.6 is 23.4 Å². The standard InChI is InChI=1S/C11H11ClN2O2S/c1-7-2-8(12)3-14-4-9(13-11(7)14)5-17-6-10(15)16/h2-4H,5-6H2,1H3,(H,15,16). The Bertz CT molecular complexity index is 568. The van der Waals surface area contributed by atoms with Crippen molar-refractivity contribution in [3.8, 4) is 0 Å². The summed E-state index contributed by atoms with van der Waals surface area (Å²) in [5.41, 5.74) is 2.73. The Morgan fingerprint density at radius 2 is 2.35 bits per heavy atom. The van der Waals surface area contributed by atoms with Gasteiger partial charge < -0.3 is 9.51 Å². The second kappa shape index (κ2) is 4.98. The van der Waals surface area contributed by atoms with E-state index in [-0.39, 0.29) is 5.75 Å². The van der Waals surface area contributed by atoms with Crippen molar-refractivity contribution in [1.29, 1.82) is 0 Å². The Kier molecular flexibility index (Phi) is 3.59. The van der Waals surface area contributed by atoms with Crippen LogP contribution in [0.4, 0.5) is 0 Å². The number of imidazole rings is 1. The van der Waals surface area contributed by atoms with Crippen LogP contribution in [0.5, 0.6) is 0 Å². The summed E-state index contributed by atoms with van der Waals surface area (Å²) in [6.07, 6.45) is 3.67. The maximum atomic E-state index is 10.4. The molecule has 0 aliphatic carbocycles. The topological polar surface area (TPSA) is 54.6 Å². The molecule has 2 aromatic heterocycles. The molecular weight excluding hydrogens is 260 g/mol. The minimum absolute atomic E-state index is 0.0909. The molecule has 0 aromatic carbocycles. The summed E-state index contributed by atoms with van der Waals surface area (Å²) < 4.78 is 1.87. The molecule has 17 heavy (non-hydrogen) atoms. The van der Waals surface area contributed by atoms with E-state index in [2.05, 4.69) is 4.98 Å². The lowest BCUT2D eigenvalue weighted by molar-refractivity contribution is -0.133. The average Bonchev–Trinajstić information content (AvgIpc) is 2.60. The molecule has 0 atom stereocenters. The molecule has 0 saturated carbocycles. The highest BCUT2D eigenvalue weighted by Crippen LogP contribution is 2.18. The molecule has 0 aliphatic heterocycles. The molecule has 4 nitrogen and oxygen atoms in total. The highest BCUT2D eigenvalue weighted by atomic mass is 35.5. The fraction of sp³-hybridized carbons (Fsp3) is 0.273. The van der Waals surface area contributed by atoms with Crippen LogP contribution in [-0.2, 0) is 10.5 Å². The van der Waals surface area contributed by atoms with Gasteiger partial charge in [0.05, 0.1) is 16.5 Å². The molecule has 0 amide bonds. The number of hydrogen-bond acceptors (Lipinski definition) is 3. The molecule has 90 valence electrons. The van der Waals surface area contributed by atoms with Crippen molar-refractivity contribution >= 4 is 35.0 Å². The summed E-state index contributed by atoms with van der Waals surface area (Å²) in [4.78, 5) is 14.8. The van der Waals surface area contributed by atoms with Gasteiger partial charge in [-0.25, -0.2) is 4.98 Å². The third kappa shape index (κ3) is 2.92. The fourth-order valence-corrected chi connectivity index (χ4v) is 2.48. The molecule has 0 bridgehead atoms. The van der Waals surface area contributed by atoms with Gasteiger partial charge in [-0.3, -0.25) is 4.79 Å². The van der Waals surface area contributed by atoms with Crippen LogP contribution in [-0.4, -0.2) is 26.2 Å². The average molecular weight is 271 g/mol. The number of aliphatic carboxylic acids is 1. The Morgan fingerprint density at radius 3 is 3.06 bits per heavy atom. The number of halogens is 1. The van der Waals surface area contributed by atoms with Gasteiger partial charge in [0, 0.05) is 18.1 Å². The molecule has 2 rings (SSSR count). The zero-order valence-corrected chi connectivity index (χ0v) is 10.8. The van der Waals surface area contributed by atoms with Crippen molar-refractivity contribution in [2.45, 2.75) is 12.7 Å². The normalized spacial score (nSPS) is 10.9. The van der Waals surface area contributed by atoms with E-state index in [1.165, 1.54) is 11.8 Å². The Morgan fingerprint density at radius 1 is 1.59 bits per heavy atom. The number of nitrogens with zero attached hydrogens (tertiary/aromatic N) is 2. The van der Waals surface area contributed by atoms with Crippen molar-refractivity contribution < 1.29 is 9.90 Å². The maximum Gasteiger partial charge on any atom is 0.313 e. The van der Waals surface area contributed by atoms with Crippen LogP contribution in [0.1, 0.15) is 11.3 Å². The third-order valence-electron chi connectivity index (χ3n) is 2.23. The van der Waals surface area contributed by atoms with Crippen molar-refractivity contribution in [1.82, 2.24) is 9.38 Å². The number of aromatic nitrogens is 2. The number of aryl methyl sites for hydroxylation is 1. The minimum atomic E-state index is -0.807. The van der Waals surface area contributed by atoms with Gasteiger partial charge in [0.2, 0.25) is 0 Å². The zero-order valence-electron chi connectivity index (χ0n) is 9.18. The molecule has 0 fully saturated rings. The number of fused-ring (bicyclic) bond motifs is 1. The van der Waals surface area contributed by atoms with E-state index in [9.17, 15) is 4.79 Å². The van der Waals surface area contributed by atoms with E-state index >= 15 is 0 Å². The summed E-state index contributed by atoms with van der Waals surface area (Å²) in [5, 5.41) is 9.21. The number of carboxylic acid groups (broad SMARTS) is 1. The molecule has 2 aromatic rings. The number of pyridine rings is 1. The Balaban J connectivity index is 2.20. The Labute approximate surface area is 108 Å². The predicted molar refractivity (Wildman–Crippen MR) is 68.7 cm³/mol. The van der Waals surface area contributed by atoms with Crippen LogP contribution < -0.4 is 0 Å². The van der Waals surface area contributed by atoms with Crippen molar-refractivity contribution in [3.05, 3.63) is 34.7 Å². The van der Waals surface area contributed by atoms with Crippen molar-refractivity contribution in [3.63, 3.8) is 0 Å². The molecule has 0 saturated heterocycles. The highest BCUT2D eigenvalue weighted by molar-refractivity contribution is 7.99. The first-order chi connectivity index (χ1) is 8.06.